The standard InChI is InChI=1S/C24H28F2N6OS/c1-17-21(34-32-12-11-30-9-4-6-19(30)15-32)13-20(29(17)2)23(33)28-14-18-5-3-8-27-22(18)31-10-7-24(25,26)16-31/h3-6,8-9,13H,7,10-12,14-16H2,1-2H3,(H,28,33). The number of nitrogens with zero attached hydrogens (tertiary/aromatic N) is 5. The fraction of sp³-hybridized carbons (Fsp3) is 0.417. The van der Waals surface area contributed by atoms with Crippen molar-refractivity contribution in [2.24, 2.45) is 7.05 Å². The van der Waals surface area contributed by atoms with Crippen molar-refractivity contribution in [3.63, 3.8) is 0 Å². The smallest absolute Gasteiger partial charge is 0.268 e. The largest absolute Gasteiger partial charge is 0.350 e. The van der Waals surface area contributed by atoms with Crippen molar-refractivity contribution >= 4 is 23.7 Å². The summed E-state index contributed by atoms with van der Waals surface area (Å²) in [6.07, 6.45) is 3.52. The Labute approximate surface area is 201 Å². The molecule has 0 aromatic carbocycles. The van der Waals surface area contributed by atoms with E-state index in [4.69, 9.17) is 0 Å². The molecule has 0 bridgehead atoms. The van der Waals surface area contributed by atoms with E-state index >= 15 is 0 Å². The summed E-state index contributed by atoms with van der Waals surface area (Å²) < 4.78 is 33.9. The summed E-state index contributed by atoms with van der Waals surface area (Å²) in [5.41, 5.74) is 3.61. The highest BCUT2D eigenvalue weighted by Crippen LogP contribution is 2.33. The maximum absolute atomic E-state index is 13.7. The Morgan fingerprint density at radius 1 is 1.24 bits per heavy atom. The van der Waals surface area contributed by atoms with Crippen LogP contribution in [0.2, 0.25) is 0 Å². The van der Waals surface area contributed by atoms with Crippen molar-refractivity contribution < 1.29 is 13.6 Å². The van der Waals surface area contributed by atoms with Gasteiger partial charge in [-0.15, -0.1) is 0 Å². The summed E-state index contributed by atoms with van der Waals surface area (Å²) in [6, 6.07) is 9.72. The van der Waals surface area contributed by atoms with Crippen LogP contribution in [0.1, 0.15) is 33.9 Å². The highest BCUT2D eigenvalue weighted by atomic mass is 32.2. The third-order valence-corrected chi connectivity index (χ3v) is 7.76. The highest BCUT2D eigenvalue weighted by molar-refractivity contribution is 7.97. The van der Waals surface area contributed by atoms with E-state index in [2.05, 4.69) is 37.5 Å². The SMILES string of the molecule is Cc1c(SN2CCn3cccc3C2)cc(C(=O)NCc2cccnc2N2CCC(F)(F)C2)n1C. The summed E-state index contributed by atoms with van der Waals surface area (Å²) >= 11 is 1.68. The van der Waals surface area contributed by atoms with Gasteiger partial charge in [0, 0.05) is 80.4 Å². The van der Waals surface area contributed by atoms with E-state index in [1.54, 1.807) is 29.1 Å². The van der Waals surface area contributed by atoms with E-state index in [0.29, 0.717) is 11.5 Å². The van der Waals surface area contributed by atoms with Crippen LogP contribution in [0.25, 0.3) is 0 Å². The van der Waals surface area contributed by atoms with Crippen LogP contribution in [0.4, 0.5) is 14.6 Å². The van der Waals surface area contributed by atoms with Gasteiger partial charge in [0.05, 0.1) is 6.54 Å². The van der Waals surface area contributed by atoms with Crippen molar-refractivity contribution in [2.45, 2.75) is 43.8 Å². The third kappa shape index (κ3) is 4.56. The van der Waals surface area contributed by atoms with E-state index in [1.165, 1.54) is 5.69 Å². The summed E-state index contributed by atoms with van der Waals surface area (Å²) in [5, 5.41) is 2.95. The number of rotatable bonds is 6. The van der Waals surface area contributed by atoms with Crippen LogP contribution in [0.15, 0.2) is 47.6 Å². The first-order chi connectivity index (χ1) is 16.3. The number of carbonyl (C=O) groups is 1. The van der Waals surface area contributed by atoms with Crippen molar-refractivity contribution in [3.8, 4) is 0 Å². The fourth-order valence-electron chi connectivity index (χ4n) is 4.52. The van der Waals surface area contributed by atoms with E-state index < -0.39 is 5.92 Å². The zero-order valence-corrected chi connectivity index (χ0v) is 20.1. The van der Waals surface area contributed by atoms with Gasteiger partial charge in [0.2, 0.25) is 0 Å². The number of halogens is 2. The maximum Gasteiger partial charge on any atom is 0.268 e. The third-order valence-electron chi connectivity index (χ3n) is 6.58. The monoisotopic (exact) mass is 486 g/mol. The Balaban J connectivity index is 1.26. The van der Waals surface area contributed by atoms with Gasteiger partial charge in [-0.2, -0.15) is 0 Å². The Morgan fingerprint density at radius 2 is 2.09 bits per heavy atom. The van der Waals surface area contributed by atoms with Gasteiger partial charge in [-0.1, -0.05) is 6.07 Å². The van der Waals surface area contributed by atoms with Gasteiger partial charge in [0.1, 0.15) is 11.5 Å². The molecule has 1 fully saturated rings. The van der Waals surface area contributed by atoms with Crippen LogP contribution < -0.4 is 10.2 Å². The predicted octanol–water partition coefficient (Wildman–Crippen LogP) is 3.83. The molecule has 34 heavy (non-hydrogen) atoms. The molecule has 2 aliphatic rings. The highest BCUT2D eigenvalue weighted by Gasteiger charge is 2.39. The summed E-state index contributed by atoms with van der Waals surface area (Å²) in [5.74, 6) is -2.40. The molecule has 3 aromatic rings. The molecule has 0 spiro atoms. The summed E-state index contributed by atoms with van der Waals surface area (Å²) in [6.45, 7) is 4.88. The molecule has 0 aliphatic carbocycles. The van der Waals surface area contributed by atoms with Crippen LogP contribution >= 0.6 is 11.9 Å². The molecule has 0 radical (unpaired) electrons. The second-order valence-corrected chi connectivity index (χ2v) is 10.0. The molecular weight excluding hydrogens is 458 g/mol. The zero-order chi connectivity index (χ0) is 23.9. The molecule has 10 heteroatoms. The average molecular weight is 487 g/mol. The lowest BCUT2D eigenvalue weighted by molar-refractivity contribution is 0.0256. The van der Waals surface area contributed by atoms with E-state index in [-0.39, 0.29) is 32.0 Å². The Hall–Kier alpha value is -2.85. The second kappa shape index (κ2) is 9.07. The van der Waals surface area contributed by atoms with Crippen LogP contribution in [0.3, 0.4) is 0 Å². The molecule has 1 N–H and O–H groups in total. The number of anilines is 1. The lowest BCUT2D eigenvalue weighted by Crippen LogP contribution is -2.29. The number of aromatic nitrogens is 3. The minimum absolute atomic E-state index is 0.179. The zero-order valence-electron chi connectivity index (χ0n) is 19.3. The van der Waals surface area contributed by atoms with Crippen LogP contribution in [0, 0.1) is 6.92 Å². The molecular formula is C24H28F2N6OS. The van der Waals surface area contributed by atoms with Gasteiger partial charge < -0.3 is 19.4 Å². The Morgan fingerprint density at radius 3 is 2.88 bits per heavy atom. The first-order valence-electron chi connectivity index (χ1n) is 11.4. The lowest BCUT2D eigenvalue weighted by Gasteiger charge is -2.27. The predicted molar refractivity (Wildman–Crippen MR) is 128 cm³/mol. The van der Waals surface area contributed by atoms with Gasteiger partial charge in [0.25, 0.3) is 11.8 Å². The fourth-order valence-corrected chi connectivity index (χ4v) is 5.61. The molecule has 5 heterocycles. The maximum atomic E-state index is 13.7. The number of pyridine rings is 1. The van der Waals surface area contributed by atoms with Crippen molar-refractivity contribution in [2.75, 3.05) is 24.5 Å². The molecule has 1 saturated heterocycles. The molecule has 180 valence electrons. The van der Waals surface area contributed by atoms with Crippen LogP contribution in [-0.4, -0.2) is 49.9 Å². The average Bonchev–Trinajstić information content (AvgIpc) is 3.51. The topological polar surface area (TPSA) is 58.3 Å². The first-order valence-corrected chi connectivity index (χ1v) is 12.2. The molecule has 5 rings (SSSR count). The Bertz CT molecular complexity index is 1210. The van der Waals surface area contributed by atoms with Crippen LogP contribution in [0.5, 0.6) is 0 Å². The van der Waals surface area contributed by atoms with E-state index in [0.717, 1.165) is 35.8 Å². The molecule has 2 aliphatic heterocycles. The molecule has 7 nitrogen and oxygen atoms in total. The van der Waals surface area contributed by atoms with Gasteiger partial charge in [0.15, 0.2) is 0 Å². The van der Waals surface area contributed by atoms with E-state index in [9.17, 15) is 13.6 Å². The number of fused-ring (bicyclic) bond motifs is 1. The molecule has 0 atom stereocenters. The van der Waals surface area contributed by atoms with Crippen molar-refractivity contribution in [1.29, 1.82) is 0 Å². The normalized spacial score (nSPS) is 17.7. The number of alkyl halides is 2. The second-order valence-electron chi connectivity index (χ2n) is 8.88. The molecule has 3 aromatic heterocycles. The first kappa shape index (κ1) is 22.9. The van der Waals surface area contributed by atoms with Gasteiger partial charge in [-0.3, -0.25) is 4.79 Å². The molecule has 1 amide bonds. The Kier molecular flexibility index (Phi) is 6.11. The lowest BCUT2D eigenvalue weighted by atomic mass is 10.2. The summed E-state index contributed by atoms with van der Waals surface area (Å²) in [7, 11) is 1.89. The van der Waals surface area contributed by atoms with Crippen molar-refractivity contribution in [3.05, 3.63) is 65.4 Å². The minimum Gasteiger partial charge on any atom is -0.350 e. The van der Waals surface area contributed by atoms with Gasteiger partial charge >= 0.3 is 0 Å². The number of hydrogen-bond acceptors (Lipinski definition) is 5. The van der Waals surface area contributed by atoms with E-state index in [1.807, 2.05) is 30.7 Å². The molecule has 0 saturated carbocycles. The van der Waals surface area contributed by atoms with Crippen molar-refractivity contribution in [1.82, 2.24) is 23.7 Å². The number of hydrogen-bond donors (Lipinski definition) is 1. The minimum atomic E-state index is -2.70. The number of carbonyl (C=O) groups excluding carboxylic acids is 1. The number of nitrogens with one attached hydrogen (secondary N) is 1. The van der Waals surface area contributed by atoms with Crippen LogP contribution in [-0.2, 0) is 26.7 Å². The van der Waals surface area contributed by atoms with Gasteiger partial charge in [-0.25, -0.2) is 18.1 Å². The van der Waals surface area contributed by atoms with Gasteiger partial charge in [-0.05, 0) is 43.1 Å². The molecule has 0 unspecified atom stereocenters. The summed E-state index contributed by atoms with van der Waals surface area (Å²) in [4.78, 5) is 20.0. The quantitative estimate of drug-likeness (QED) is 0.537. The number of amides is 1.